The number of hydrogen-bond donors (Lipinski definition) is 4. The van der Waals surface area contributed by atoms with Gasteiger partial charge in [0.25, 0.3) is 0 Å². The number of rotatable bonds is 12. The molecular weight excluding hydrogens is 390 g/mol. The Morgan fingerprint density at radius 1 is 1.10 bits per heavy atom. The van der Waals surface area contributed by atoms with E-state index in [4.69, 9.17) is 25.1 Å². The number of anilines is 1. The number of benzene rings is 1. The molecule has 0 aromatic heterocycles. The van der Waals surface area contributed by atoms with Crippen molar-refractivity contribution in [2.45, 2.75) is 89.0 Å². The molecule has 8 heteroatoms. The van der Waals surface area contributed by atoms with Gasteiger partial charge in [-0.1, -0.05) is 37.8 Å². The summed E-state index contributed by atoms with van der Waals surface area (Å²) in [6.45, 7) is 1.75. The van der Waals surface area contributed by atoms with E-state index in [1.165, 1.54) is 7.11 Å². The van der Waals surface area contributed by atoms with Crippen LogP contribution in [0.5, 0.6) is 5.75 Å². The maximum absolute atomic E-state index is 10.5. The topological polar surface area (TPSA) is 131 Å². The molecule has 1 aromatic rings. The molecule has 1 aliphatic heterocycles. The minimum absolute atomic E-state index is 0.241. The average molecular weight is 426 g/mol. The summed E-state index contributed by atoms with van der Waals surface area (Å²) >= 11 is 0. The minimum Gasteiger partial charge on any atom is -0.481 e. The number of para-hydroxylation sites is 1. The van der Waals surface area contributed by atoms with Crippen molar-refractivity contribution < 1.29 is 34.3 Å². The molecule has 5 unspecified atom stereocenters. The van der Waals surface area contributed by atoms with Gasteiger partial charge in [-0.05, 0) is 37.8 Å². The van der Waals surface area contributed by atoms with Crippen LogP contribution >= 0.6 is 0 Å². The van der Waals surface area contributed by atoms with Gasteiger partial charge < -0.3 is 35.3 Å². The van der Waals surface area contributed by atoms with Crippen LogP contribution in [0.3, 0.4) is 0 Å². The molecule has 5 N–H and O–H groups in total. The SMILES string of the molecule is COC1C(C)OC(Oc2cccc(CCCCCCCCC(=O)O)c2N)C(O)C1O. The number of ether oxygens (including phenoxy) is 3. The normalized spacial score (nSPS) is 26.5. The Labute approximate surface area is 177 Å². The summed E-state index contributed by atoms with van der Waals surface area (Å²) in [5.41, 5.74) is 7.74. The van der Waals surface area contributed by atoms with Gasteiger partial charge >= 0.3 is 5.97 Å². The van der Waals surface area contributed by atoms with Crippen molar-refractivity contribution in [3.05, 3.63) is 23.8 Å². The Bertz CT molecular complexity index is 669. The van der Waals surface area contributed by atoms with E-state index in [0.717, 1.165) is 50.5 Å². The first-order valence-corrected chi connectivity index (χ1v) is 10.6. The van der Waals surface area contributed by atoms with Gasteiger partial charge in [-0.25, -0.2) is 0 Å². The van der Waals surface area contributed by atoms with Gasteiger partial charge in [-0.3, -0.25) is 4.79 Å². The third-order valence-electron chi connectivity index (χ3n) is 5.54. The van der Waals surface area contributed by atoms with Gasteiger partial charge in [0.15, 0.2) is 0 Å². The lowest BCUT2D eigenvalue weighted by atomic mass is 9.99. The molecule has 0 saturated carbocycles. The highest BCUT2D eigenvalue weighted by atomic mass is 16.7. The van der Waals surface area contributed by atoms with Crippen molar-refractivity contribution >= 4 is 11.7 Å². The molecule has 170 valence electrons. The third kappa shape index (κ3) is 6.84. The van der Waals surface area contributed by atoms with Crippen molar-refractivity contribution in [1.82, 2.24) is 0 Å². The number of aliphatic carboxylic acids is 1. The molecule has 8 nitrogen and oxygen atoms in total. The fraction of sp³-hybridized carbons (Fsp3) is 0.682. The van der Waals surface area contributed by atoms with Gasteiger partial charge in [0.1, 0.15) is 24.1 Å². The summed E-state index contributed by atoms with van der Waals surface area (Å²) in [6.07, 6.45) is 2.34. The van der Waals surface area contributed by atoms with Crippen LogP contribution in [-0.2, 0) is 20.7 Å². The fourth-order valence-electron chi connectivity index (χ4n) is 3.77. The Morgan fingerprint density at radius 2 is 1.77 bits per heavy atom. The number of methoxy groups -OCH3 is 1. The monoisotopic (exact) mass is 425 g/mol. The molecular formula is C22H35NO7. The largest absolute Gasteiger partial charge is 0.481 e. The highest BCUT2D eigenvalue weighted by molar-refractivity contribution is 5.66. The van der Waals surface area contributed by atoms with Crippen molar-refractivity contribution in [2.24, 2.45) is 0 Å². The van der Waals surface area contributed by atoms with E-state index in [0.29, 0.717) is 11.4 Å². The van der Waals surface area contributed by atoms with Crippen LogP contribution in [0.15, 0.2) is 18.2 Å². The van der Waals surface area contributed by atoms with Crippen LogP contribution in [0.25, 0.3) is 0 Å². The number of nitrogen functional groups attached to an aromatic ring is 1. The van der Waals surface area contributed by atoms with Crippen LogP contribution < -0.4 is 10.5 Å². The second-order valence-corrected chi connectivity index (χ2v) is 7.85. The van der Waals surface area contributed by atoms with Crippen molar-refractivity contribution in [2.75, 3.05) is 12.8 Å². The number of nitrogens with two attached hydrogens (primary N) is 1. The molecule has 0 aliphatic carbocycles. The predicted molar refractivity (Wildman–Crippen MR) is 112 cm³/mol. The van der Waals surface area contributed by atoms with E-state index < -0.39 is 36.7 Å². The Balaban J connectivity index is 1.82. The molecule has 0 bridgehead atoms. The van der Waals surface area contributed by atoms with Crippen molar-refractivity contribution in [1.29, 1.82) is 0 Å². The highest BCUT2D eigenvalue weighted by Gasteiger charge is 2.44. The van der Waals surface area contributed by atoms with Crippen LogP contribution in [0, 0.1) is 0 Å². The zero-order chi connectivity index (χ0) is 22.1. The van der Waals surface area contributed by atoms with E-state index >= 15 is 0 Å². The molecule has 1 heterocycles. The number of unbranched alkanes of at least 4 members (excludes halogenated alkanes) is 5. The lowest BCUT2D eigenvalue weighted by Crippen LogP contribution is -2.58. The number of carboxylic acids is 1. The summed E-state index contributed by atoms with van der Waals surface area (Å²) in [7, 11) is 1.46. The standard InChI is InChI=1S/C22H35NO7/c1-14-21(28-2)19(26)20(27)22(29-14)30-16-12-9-11-15(18(16)23)10-7-5-3-4-6-8-13-17(24)25/h9,11-12,14,19-22,26-27H,3-8,10,13,23H2,1-2H3,(H,24,25). The van der Waals surface area contributed by atoms with Gasteiger partial charge in [-0.15, -0.1) is 0 Å². The number of aryl methyl sites for hydroxylation is 1. The number of hydrogen-bond acceptors (Lipinski definition) is 7. The maximum Gasteiger partial charge on any atom is 0.303 e. The van der Waals surface area contributed by atoms with E-state index in [1.54, 1.807) is 13.0 Å². The first-order chi connectivity index (χ1) is 14.3. The molecule has 0 spiro atoms. The van der Waals surface area contributed by atoms with Crippen molar-refractivity contribution in [3.8, 4) is 5.75 Å². The lowest BCUT2D eigenvalue weighted by Gasteiger charge is -2.40. The lowest BCUT2D eigenvalue weighted by molar-refractivity contribution is -0.272. The van der Waals surface area contributed by atoms with Gasteiger partial charge in [0.05, 0.1) is 11.8 Å². The molecule has 0 amide bonds. The number of aliphatic hydroxyl groups is 2. The first kappa shape index (κ1) is 24.4. The zero-order valence-corrected chi connectivity index (χ0v) is 17.8. The second kappa shape index (κ2) is 12.1. The van der Waals surface area contributed by atoms with E-state index in [1.807, 2.05) is 12.1 Å². The van der Waals surface area contributed by atoms with Crippen LogP contribution in [0.1, 0.15) is 57.4 Å². The van der Waals surface area contributed by atoms with Crippen LogP contribution in [0.2, 0.25) is 0 Å². The minimum atomic E-state index is -1.25. The van der Waals surface area contributed by atoms with Crippen LogP contribution in [0.4, 0.5) is 5.69 Å². The van der Waals surface area contributed by atoms with E-state index in [2.05, 4.69) is 0 Å². The summed E-state index contributed by atoms with van der Waals surface area (Å²) in [5, 5.41) is 29.2. The predicted octanol–water partition coefficient (Wildman–Crippen LogP) is 2.49. The molecule has 1 aliphatic rings. The van der Waals surface area contributed by atoms with Gasteiger partial charge in [0, 0.05) is 13.5 Å². The summed E-state index contributed by atoms with van der Waals surface area (Å²) < 4.78 is 16.7. The summed E-state index contributed by atoms with van der Waals surface area (Å²) in [4.78, 5) is 10.5. The maximum atomic E-state index is 10.5. The molecule has 1 saturated heterocycles. The third-order valence-corrected chi connectivity index (χ3v) is 5.54. The Kier molecular flexibility index (Phi) is 9.84. The molecule has 1 aromatic carbocycles. The zero-order valence-electron chi connectivity index (χ0n) is 17.8. The Hall–Kier alpha value is -1.87. The summed E-state index contributed by atoms with van der Waals surface area (Å²) in [5.74, 6) is -0.318. The fourth-order valence-corrected chi connectivity index (χ4v) is 3.77. The van der Waals surface area contributed by atoms with Crippen LogP contribution in [-0.4, -0.2) is 59.1 Å². The molecule has 2 rings (SSSR count). The number of carboxylic acid groups (broad SMARTS) is 1. The smallest absolute Gasteiger partial charge is 0.303 e. The summed E-state index contributed by atoms with van der Waals surface area (Å²) in [6, 6.07) is 5.52. The second-order valence-electron chi connectivity index (χ2n) is 7.85. The first-order valence-electron chi connectivity index (χ1n) is 10.6. The van der Waals surface area contributed by atoms with E-state index in [-0.39, 0.29) is 6.42 Å². The highest BCUT2D eigenvalue weighted by Crippen LogP contribution is 2.31. The van der Waals surface area contributed by atoms with Gasteiger partial charge in [-0.2, -0.15) is 0 Å². The molecule has 30 heavy (non-hydrogen) atoms. The molecule has 1 fully saturated rings. The Morgan fingerprint density at radius 3 is 2.43 bits per heavy atom. The quantitative estimate of drug-likeness (QED) is 0.297. The average Bonchev–Trinajstić information content (AvgIpc) is 2.70. The molecule has 5 atom stereocenters. The van der Waals surface area contributed by atoms with E-state index in [9.17, 15) is 15.0 Å². The number of aliphatic hydroxyl groups excluding tert-OH is 2. The number of carbonyl (C=O) groups is 1. The molecule has 0 radical (unpaired) electrons. The van der Waals surface area contributed by atoms with Gasteiger partial charge in [0.2, 0.25) is 6.29 Å². The van der Waals surface area contributed by atoms with Crippen molar-refractivity contribution in [3.63, 3.8) is 0 Å².